The molecule has 1 N–H and O–H groups in total. The van der Waals surface area contributed by atoms with Crippen LogP contribution in [0.25, 0.3) is 11.2 Å². The monoisotopic (exact) mass is 919 g/mol. The van der Waals surface area contributed by atoms with E-state index in [9.17, 15) is 10.1 Å². The Morgan fingerprint density at radius 2 is 1.48 bits per heavy atom. The molecule has 1 fully saturated rings. The standard InChI is InChI=1S/C41H37FN6O7P.2C3H7.Ni/c1-50-31-18-14-29(15-19-31)41(28-12-7-4-8-13-28,30-16-20-32(51-2)21-17-30)52-24-33-34(42)36(55-56-53-23-9-22-43)40(54-33)48-26-46-35-37(44-25-45-38(35)48)47-39(49)27-10-5-3-6-11-27;2*1-3-2;/h3-8,10-21,25-26,33-34,36,40H,9,23-24H2,1-2H3,(H,44,45,47,49);2*1,3H2,2H3;/q-1;;;+1/t33-,34-,36-,40-;;;/m1.../s1. The minimum absolute atomic E-state index is 0.152. The summed E-state index contributed by atoms with van der Waals surface area (Å²) in [4.78, 5) is 26.7. The molecule has 0 spiro atoms. The molecule has 2 aromatic heterocycles. The Labute approximate surface area is 372 Å². The zero-order chi connectivity index (χ0) is 44.2. The van der Waals surface area contributed by atoms with Gasteiger partial charge in [0.1, 0.15) is 0 Å². The van der Waals surface area contributed by atoms with Crippen molar-refractivity contribution in [2.45, 2.75) is 74.1 Å². The number of imidazole rings is 1. The zero-order valence-electron chi connectivity index (χ0n) is 35.5. The summed E-state index contributed by atoms with van der Waals surface area (Å²) in [6, 6.07) is 35.9. The molecule has 0 saturated carbocycles. The molecule has 1 aliphatic rings. The molecule has 7 rings (SSSR count). The van der Waals surface area contributed by atoms with Gasteiger partial charge in [0.05, 0.1) is 14.2 Å². The van der Waals surface area contributed by atoms with E-state index in [2.05, 4.69) is 40.2 Å². The Bertz CT molecular complexity index is 2370. The van der Waals surface area contributed by atoms with E-state index in [1.54, 1.807) is 43.1 Å². The second-order valence-electron chi connectivity index (χ2n) is 14.4. The number of nitrogens with one attached hydrogen (secondary N) is 1. The summed E-state index contributed by atoms with van der Waals surface area (Å²) in [6.07, 6.45) is -0.442. The number of fused-ring (bicyclic) bond motifs is 1. The van der Waals surface area contributed by atoms with Crippen LogP contribution in [-0.2, 0) is 37.1 Å². The van der Waals surface area contributed by atoms with Crippen molar-refractivity contribution in [1.82, 2.24) is 19.5 Å². The molecule has 333 valence electrons. The van der Waals surface area contributed by atoms with E-state index < -0.39 is 50.3 Å². The van der Waals surface area contributed by atoms with Gasteiger partial charge >= 0.3 is 332 Å². The average molecular weight is 921 g/mol. The first-order valence-corrected chi connectivity index (χ1v) is 24.4. The topological polar surface area (TPSA) is 152 Å². The second kappa shape index (κ2) is 21.9. The van der Waals surface area contributed by atoms with Crippen LogP contribution in [0.15, 0.2) is 122 Å². The third-order valence-corrected chi connectivity index (χ3v) is 16.9. The Balaban J connectivity index is 1.29. The zero-order valence-corrected chi connectivity index (χ0v) is 37.4. The third kappa shape index (κ3) is 10.2. The van der Waals surface area contributed by atoms with Crippen molar-refractivity contribution in [2.24, 2.45) is 0 Å². The molecule has 4 aromatic carbocycles. The minimum atomic E-state index is -1.73. The van der Waals surface area contributed by atoms with Crippen LogP contribution in [0, 0.1) is 11.3 Å². The molecule has 63 heavy (non-hydrogen) atoms. The van der Waals surface area contributed by atoms with Crippen LogP contribution in [0.1, 0.15) is 66.4 Å². The summed E-state index contributed by atoms with van der Waals surface area (Å²) < 4.78 is 57.5. The molecule has 3 heterocycles. The van der Waals surface area contributed by atoms with Gasteiger partial charge < -0.3 is 9.47 Å². The average Bonchev–Trinajstić information content (AvgIpc) is 3.90. The van der Waals surface area contributed by atoms with Gasteiger partial charge in [-0.25, -0.2) is 0 Å². The van der Waals surface area contributed by atoms with Gasteiger partial charge in [-0.1, -0.05) is 18.2 Å². The molecule has 6 aromatic rings. The number of nitrogens with zero attached hydrogens (tertiary/aromatic N) is 5. The van der Waals surface area contributed by atoms with Gasteiger partial charge in [-0.05, 0) is 0 Å². The van der Waals surface area contributed by atoms with E-state index in [1.165, 1.54) is 12.7 Å². The molecule has 0 bridgehead atoms. The number of anilines is 1. The van der Waals surface area contributed by atoms with E-state index >= 15 is 4.39 Å². The first kappa shape index (κ1) is 45.7. The molecule has 1 saturated heterocycles. The predicted octanol–water partition coefficient (Wildman–Crippen LogP) is 10.2. The van der Waals surface area contributed by atoms with Gasteiger partial charge in [-0.15, -0.1) is 0 Å². The first-order chi connectivity index (χ1) is 30.8. The molecule has 13 nitrogen and oxygen atoms in total. The molecule has 5 atom stereocenters. The van der Waals surface area contributed by atoms with Crippen molar-refractivity contribution < 1.29 is 50.2 Å². The fourth-order valence-electron chi connectivity index (χ4n) is 7.29. The summed E-state index contributed by atoms with van der Waals surface area (Å²) in [5.41, 5.74) is 2.13. The molecule has 16 heteroatoms. The number of benzene rings is 4. The van der Waals surface area contributed by atoms with Crippen LogP contribution < -0.4 is 14.8 Å². The maximum absolute atomic E-state index is 17.7. The van der Waals surface area contributed by atoms with E-state index in [1.807, 2.05) is 84.9 Å². The SMILES string of the molecule is CC[CH2][Ni]([CH2]CC)[P](OCCC#N)O[C@@H]1[C@H](F)[C@@H](COC(c2ccccc2)(c2ccc(OC)cc2)c2ccc(OC)cc2)O[C@H]1n1cnc2c(NC(=O)c3ccccc3)ncnc21. The van der Waals surface area contributed by atoms with Gasteiger partial charge in [0.25, 0.3) is 0 Å². The molecular formula is C47H51FN6NiO7P. The number of rotatable bonds is 21. The summed E-state index contributed by atoms with van der Waals surface area (Å²) >= 11 is -0.538. The van der Waals surface area contributed by atoms with Crippen LogP contribution in [0.4, 0.5) is 10.2 Å². The van der Waals surface area contributed by atoms with Gasteiger partial charge in [-0.3, -0.25) is 0 Å². The quantitative estimate of drug-likeness (QED) is 0.0318. The fourth-order valence-corrected chi connectivity index (χ4v) is 13.7. The van der Waals surface area contributed by atoms with Gasteiger partial charge in [-0.2, -0.15) is 0 Å². The van der Waals surface area contributed by atoms with Crippen LogP contribution in [0.3, 0.4) is 0 Å². The number of methoxy groups -OCH3 is 2. The number of ether oxygens (including phenoxy) is 4. The molecule has 0 aliphatic carbocycles. The first-order valence-electron chi connectivity index (χ1n) is 20.6. The number of hydrogen-bond donors (Lipinski definition) is 1. The third-order valence-electron chi connectivity index (χ3n) is 10.2. The number of amides is 1. The Morgan fingerprint density at radius 1 is 0.873 bits per heavy atom. The van der Waals surface area contributed by atoms with Gasteiger partial charge in [0.15, 0.2) is 0 Å². The number of hydrogen-bond acceptors (Lipinski definition) is 11. The Kier molecular flexibility index (Phi) is 15.9. The molecule has 1 aliphatic heterocycles. The van der Waals surface area contributed by atoms with Crippen LogP contribution in [-0.4, -0.2) is 71.2 Å². The number of aromatic nitrogens is 4. The van der Waals surface area contributed by atoms with Crippen LogP contribution >= 0.6 is 7.15 Å². The summed E-state index contributed by atoms with van der Waals surface area (Å²) in [7, 11) is 1.56. The summed E-state index contributed by atoms with van der Waals surface area (Å²) in [5.74, 6) is 1.14. The number of carbonyl (C=O) groups excluding carboxylic acids is 1. The molecular weight excluding hydrogens is 869 g/mol. The van der Waals surface area contributed by atoms with Crippen LogP contribution in [0.5, 0.6) is 11.5 Å². The number of nitriles is 1. The van der Waals surface area contributed by atoms with Crippen molar-refractivity contribution in [3.05, 3.63) is 144 Å². The summed E-state index contributed by atoms with van der Waals surface area (Å²) in [6.45, 7) is 4.14. The fraction of sp³-hybridized carbons (Fsp3) is 0.340. The van der Waals surface area contributed by atoms with Crippen molar-refractivity contribution in [3.63, 3.8) is 0 Å². The predicted molar refractivity (Wildman–Crippen MR) is 235 cm³/mol. The normalized spacial score (nSPS) is 18.1. The molecule has 1 unspecified atom stereocenters. The van der Waals surface area contributed by atoms with E-state index in [0.29, 0.717) is 22.7 Å². The van der Waals surface area contributed by atoms with Crippen molar-refractivity contribution in [3.8, 4) is 17.6 Å². The van der Waals surface area contributed by atoms with E-state index in [0.717, 1.165) is 40.3 Å². The van der Waals surface area contributed by atoms with Crippen molar-refractivity contribution in [2.75, 3.05) is 32.8 Å². The molecule has 0 radical (unpaired) electrons. The van der Waals surface area contributed by atoms with E-state index in [-0.39, 0.29) is 36.9 Å². The number of alkyl halides is 1. The second-order valence-corrected chi connectivity index (χ2v) is 20.1. The number of carbonyl (C=O) groups is 1. The Hall–Kier alpha value is -5.32. The van der Waals surface area contributed by atoms with Crippen molar-refractivity contribution in [1.29, 1.82) is 5.26 Å². The number of halogens is 1. The maximum atomic E-state index is 17.7. The summed E-state index contributed by atoms with van der Waals surface area (Å²) in [5, 5.41) is 13.9. The van der Waals surface area contributed by atoms with E-state index in [4.69, 9.17) is 28.0 Å². The van der Waals surface area contributed by atoms with Crippen LogP contribution in [0.2, 0.25) is 10.8 Å². The van der Waals surface area contributed by atoms with Crippen molar-refractivity contribution >= 4 is 30.0 Å². The van der Waals surface area contributed by atoms with Gasteiger partial charge in [0, 0.05) is 0 Å². The van der Waals surface area contributed by atoms with Gasteiger partial charge in [0.2, 0.25) is 0 Å². The molecule has 1 amide bonds. The Morgan fingerprint density at radius 3 is 2.06 bits per heavy atom.